The topological polar surface area (TPSA) is 72.9 Å². The van der Waals surface area contributed by atoms with Gasteiger partial charge in [-0.15, -0.1) is 0 Å². The molecule has 2 heterocycles. The Hall–Kier alpha value is -1.47. The van der Waals surface area contributed by atoms with Gasteiger partial charge in [-0.1, -0.05) is 40.3 Å². The molecule has 5 atom stereocenters. The fourth-order valence-corrected chi connectivity index (χ4v) is 5.03. The normalized spacial score (nSPS) is 29.9. The molecule has 0 radical (unpaired) electrons. The molecule has 0 saturated carbocycles. The molecule has 2 rings (SSSR count). The first-order valence-electron chi connectivity index (χ1n) is 9.16. The van der Waals surface area contributed by atoms with Gasteiger partial charge in [-0.3, -0.25) is 9.59 Å². The van der Waals surface area contributed by atoms with Gasteiger partial charge in [0.05, 0.1) is 18.1 Å². The number of fused-ring (bicyclic) bond motifs is 1. The van der Waals surface area contributed by atoms with Crippen molar-refractivity contribution in [3.8, 4) is 0 Å². The maximum absolute atomic E-state index is 12.8. The molecule has 1 amide bonds. The van der Waals surface area contributed by atoms with E-state index < -0.39 is 26.2 Å². The van der Waals surface area contributed by atoms with E-state index in [9.17, 15) is 14.4 Å². The minimum absolute atomic E-state index is 0.0258. The highest BCUT2D eigenvalue weighted by Gasteiger charge is 2.65. The summed E-state index contributed by atoms with van der Waals surface area (Å²) in [4.78, 5) is 39.0. The second kappa shape index (κ2) is 6.92. The largest absolute Gasteiger partial charge is 0.460 e. The molecule has 0 aromatic carbocycles. The maximum Gasteiger partial charge on any atom is 0.337 e. The van der Waals surface area contributed by atoms with Crippen molar-refractivity contribution in [1.29, 1.82) is 0 Å². The molecule has 0 aliphatic carbocycles. The Morgan fingerprint density at radius 1 is 1.35 bits per heavy atom. The SMILES string of the molecule is C=CCOC(=O)C1C(=O)[C@H](C)[C@@H]2[C@@H]([C@@H](C)O[Si](C)(C)C(C)(C)C)C(=O)N12. The van der Waals surface area contributed by atoms with Gasteiger partial charge in [0.1, 0.15) is 6.61 Å². The zero-order chi connectivity index (χ0) is 20.0. The summed E-state index contributed by atoms with van der Waals surface area (Å²) in [5.41, 5.74) is 0. The molecule has 0 aromatic rings. The van der Waals surface area contributed by atoms with E-state index in [0.717, 1.165) is 0 Å². The summed E-state index contributed by atoms with van der Waals surface area (Å²) in [6.45, 7) is 17.9. The molecule has 0 bridgehead atoms. The Morgan fingerprint density at radius 3 is 2.42 bits per heavy atom. The van der Waals surface area contributed by atoms with Crippen LogP contribution < -0.4 is 0 Å². The summed E-state index contributed by atoms with van der Waals surface area (Å²) >= 11 is 0. The lowest BCUT2D eigenvalue weighted by molar-refractivity contribution is -0.172. The van der Waals surface area contributed by atoms with Crippen LogP contribution in [-0.2, 0) is 23.5 Å². The summed E-state index contributed by atoms with van der Waals surface area (Å²) in [6.07, 6.45) is 1.15. The van der Waals surface area contributed by atoms with Crippen LogP contribution in [0.1, 0.15) is 34.6 Å². The molecule has 2 aliphatic heterocycles. The molecule has 0 spiro atoms. The number of nitrogens with zero attached hydrogens (tertiary/aromatic N) is 1. The van der Waals surface area contributed by atoms with Crippen molar-refractivity contribution in [2.75, 3.05) is 6.61 Å². The molecule has 26 heavy (non-hydrogen) atoms. The average molecular weight is 382 g/mol. The first-order valence-corrected chi connectivity index (χ1v) is 12.1. The maximum atomic E-state index is 12.8. The van der Waals surface area contributed by atoms with Crippen LogP contribution in [0.5, 0.6) is 0 Å². The molecule has 146 valence electrons. The second-order valence-corrected chi connectivity index (χ2v) is 13.6. The first-order chi connectivity index (χ1) is 11.8. The molecule has 0 aromatic heterocycles. The number of rotatable bonds is 6. The summed E-state index contributed by atoms with van der Waals surface area (Å²) in [5.74, 6) is -1.90. The lowest BCUT2D eigenvalue weighted by Gasteiger charge is -2.50. The number of amides is 1. The predicted molar refractivity (Wildman–Crippen MR) is 101 cm³/mol. The Morgan fingerprint density at radius 2 is 1.92 bits per heavy atom. The molecular weight excluding hydrogens is 350 g/mol. The third-order valence-corrected chi connectivity index (χ3v) is 10.7. The number of ether oxygens (including phenoxy) is 1. The van der Waals surface area contributed by atoms with Crippen LogP contribution in [0.2, 0.25) is 18.1 Å². The van der Waals surface area contributed by atoms with Gasteiger partial charge in [-0.2, -0.15) is 0 Å². The first kappa shape index (κ1) is 20.8. The van der Waals surface area contributed by atoms with Crippen molar-refractivity contribution in [3.05, 3.63) is 12.7 Å². The van der Waals surface area contributed by atoms with E-state index in [1.54, 1.807) is 6.92 Å². The fourth-order valence-electron chi connectivity index (χ4n) is 3.60. The summed E-state index contributed by atoms with van der Waals surface area (Å²) < 4.78 is 11.4. The zero-order valence-corrected chi connectivity index (χ0v) is 17.9. The number of β-lactam (4-membered cyclic amide) rings is 1. The van der Waals surface area contributed by atoms with Crippen LogP contribution in [0.3, 0.4) is 0 Å². The van der Waals surface area contributed by atoms with E-state index in [2.05, 4.69) is 40.4 Å². The minimum Gasteiger partial charge on any atom is -0.460 e. The molecule has 2 fully saturated rings. The van der Waals surface area contributed by atoms with Crippen molar-refractivity contribution >= 4 is 26.0 Å². The lowest BCUT2D eigenvalue weighted by Crippen LogP contribution is -2.67. The van der Waals surface area contributed by atoms with Crippen LogP contribution >= 0.6 is 0 Å². The molecular formula is C19H31NO5Si. The molecule has 2 saturated heterocycles. The number of carbonyl (C=O) groups excluding carboxylic acids is 3. The Labute approximate surface area is 157 Å². The molecule has 0 N–H and O–H groups in total. The second-order valence-electron chi connectivity index (χ2n) is 8.86. The van der Waals surface area contributed by atoms with E-state index in [1.165, 1.54) is 11.0 Å². The highest BCUT2D eigenvalue weighted by atomic mass is 28.4. The number of ketones is 1. The highest BCUT2D eigenvalue weighted by molar-refractivity contribution is 6.74. The third-order valence-electron chi connectivity index (χ3n) is 6.10. The summed E-state index contributed by atoms with van der Waals surface area (Å²) in [7, 11) is -2.04. The van der Waals surface area contributed by atoms with Crippen LogP contribution in [0.15, 0.2) is 12.7 Å². The monoisotopic (exact) mass is 381 g/mol. The number of hydrogen-bond donors (Lipinski definition) is 0. The van der Waals surface area contributed by atoms with Crippen molar-refractivity contribution in [3.63, 3.8) is 0 Å². The van der Waals surface area contributed by atoms with Gasteiger partial charge in [0.25, 0.3) is 0 Å². The van der Waals surface area contributed by atoms with E-state index in [0.29, 0.717) is 0 Å². The van der Waals surface area contributed by atoms with Crippen LogP contribution in [-0.4, -0.2) is 55.7 Å². The minimum atomic E-state index is -2.04. The average Bonchev–Trinajstić information content (AvgIpc) is 2.72. The van der Waals surface area contributed by atoms with E-state index in [-0.39, 0.29) is 41.4 Å². The fraction of sp³-hybridized carbons (Fsp3) is 0.737. The zero-order valence-electron chi connectivity index (χ0n) is 16.9. The Kier molecular flexibility index (Phi) is 5.55. The number of carbonyl (C=O) groups is 3. The van der Waals surface area contributed by atoms with Crippen molar-refractivity contribution in [2.24, 2.45) is 11.8 Å². The van der Waals surface area contributed by atoms with Gasteiger partial charge in [0.15, 0.2) is 20.1 Å². The predicted octanol–water partition coefficient (Wildman–Crippen LogP) is 2.54. The van der Waals surface area contributed by atoms with Gasteiger partial charge in [0.2, 0.25) is 5.91 Å². The van der Waals surface area contributed by atoms with Crippen LogP contribution in [0.25, 0.3) is 0 Å². The van der Waals surface area contributed by atoms with E-state index >= 15 is 0 Å². The Bertz CT molecular complexity index is 624. The molecule has 6 nitrogen and oxygen atoms in total. The number of Topliss-reactive ketones (excluding diaryl/α,β-unsaturated/α-hetero) is 1. The number of hydrogen-bond acceptors (Lipinski definition) is 5. The van der Waals surface area contributed by atoms with Crippen LogP contribution in [0, 0.1) is 11.8 Å². The quantitative estimate of drug-likeness (QED) is 0.232. The van der Waals surface area contributed by atoms with E-state index in [1.807, 2.05) is 6.92 Å². The van der Waals surface area contributed by atoms with Crippen molar-refractivity contribution in [1.82, 2.24) is 4.90 Å². The number of esters is 1. The van der Waals surface area contributed by atoms with Gasteiger partial charge in [-0.25, -0.2) is 4.79 Å². The van der Waals surface area contributed by atoms with Gasteiger partial charge in [-0.05, 0) is 25.1 Å². The van der Waals surface area contributed by atoms with E-state index in [4.69, 9.17) is 9.16 Å². The van der Waals surface area contributed by atoms with Crippen molar-refractivity contribution < 1.29 is 23.5 Å². The third kappa shape index (κ3) is 3.27. The van der Waals surface area contributed by atoms with Gasteiger partial charge in [0, 0.05) is 5.92 Å². The molecule has 2 aliphatic rings. The van der Waals surface area contributed by atoms with Crippen molar-refractivity contribution in [2.45, 2.75) is 70.9 Å². The van der Waals surface area contributed by atoms with Crippen LogP contribution in [0.4, 0.5) is 0 Å². The Balaban J connectivity index is 2.17. The molecule has 1 unspecified atom stereocenters. The smallest absolute Gasteiger partial charge is 0.337 e. The molecule has 7 heteroatoms. The lowest BCUT2D eigenvalue weighted by atomic mass is 9.79. The summed E-state index contributed by atoms with van der Waals surface area (Å²) in [5, 5.41) is 0.0296. The van der Waals surface area contributed by atoms with Gasteiger partial charge >= 0.3 is 5.97 Å². The van der Waals surface area contributed by atoms with Gasteiger partial charge < -0.3 is 14.1 Å². The standard InChI is InChI=1S/C19H31NO5Si/c1-9-10-24-18(23)15-16(21)11(2)14-13(17(22)20(14)15)12(3)25-26(7,8)19(4,5)6/h9,11-15H,1,10H2,2-8H3/t11-,12-,13-,14-,15?/m1/s1. The summed E-state index contributed by atoms with van der Waals surface area (Å²) in [6, 6.07) is -1.42. The highest BCUT2D eigenvalue weighted by Crippen LogP contribution is 2.46.